The first-order chi connectivity index (χ1) is 9.74. The van der Waals surface area contributed by atoms with Crippen molar-refractivity contribution in [2.24, 2.45) is 0 Å². The highest BCUT2D eigenvalue weighted by Gasteiger charge is 2.44. The molecule has 0 bridgehead atoms. The van der Waals surface area contributed by atoms with Crippen molar-refractivity contribution in [1.82, 2.24) is 10.3 Å². The second-order valence-electron chi connectivity index (χ2n) is 5.78. The largest absolute Gasteiger partial charge is 0.316 e. The number of aromatic nitrogens is 1. The molecule has 2 nitrogen and oxygen atoms in total. The van der Waals surface area contributed by atoms with Gasteiger partial charge in [-0.2, -0.15) is 0 Å². The van der Waals surface area contributed by atoms with Crippen LogP contribution in [0, 0.1) is 6.92 Å². The second kappa shape index (κ2) is 5.66. The third-order valence-electron chi connectivity index (χ3n) is 4.69. The van der Waals surface area contributed by atoms with Gasteiger partial charge in [0.25, 0.3) is 0 Å². The Morgan fingerprint density at radius 3 is 2.55 bits per heavy atom. The molecule has 0 spiro atoms. The lowest BCUT2D eigenvalue weighted by molar-refractivity contribution is 0.173. The van der Waals surface area contributed by atoms with E-state index in [4.69, 9.17) is 0 Å². The summed E-state index contributed by atoms with van der Waals surface area (Å²) in [6.45, 7) is 2.08. The van der Waals surface area contributed by atoms with Crippen molar-refractivity contribution in [2.45, 2.75) is 44.1 Å². The molecule has 1 heterocycles. The Morgan fingerprint density at radius 1 is 1.30 bits per heavy atom. The quantitative estimate of drug-likeness (QED) is 0.906. The van der Waals surface area contributed by atoms with Gasteiger partial charge in [0.05, 0.1) is 10.7 Å². The van der Waals surface area contributed by atoms with Crippen molar-refractivity contribution < 1.29 is 0 Å². The Morgan fingerprint density at radius 2 is 2.05 bits per heavy atom. The minimum atomic E-state index is 0.299. The monoisotopic (exact) mass is 286 g/mol. The highest BCUT2D eigenvalue weighted by atomic mass is 32.1. The summed E-state index contributed by atoms with van der Waals surface area (Å²) in [4.78, 5) is 4.64. The average molecular weight is 286 g/mol. The molecule has 0 saturated heterocycles. The number of nitrogens with zero attached hydrogens (tertiary/aromatic N) is 1. The van der Waals surface area contributed by atoms with E-state index in [1.54, 1.807) is 11.3 Å². The third-order valence-corrected chi connectivity index (χ3v) is 5.51. The lowest BCUT2D eigenvalue weighted by Crippen LogP contribution is -2.52. The number of aryl methyl sites for hydroxylation is 1. The summed E-state index contributed by atoms with van der Waals surface area (Å²) in [6, 6.07) is 11.5. The Balaban J connectivity index is 1.86. The Labute approximate surface area is 125 Å². The summed E-state index contributed by atoms with van der Waals surface area (Å²) in [5, 5.41) is 6.94. The molecule has 0 amide bonds. The van der Waals surface area contributed by atoms with E-state index in [2.05, 4.69) is 60.0 Å². The first-order valence-electron chi connectivity index (χ1n) is 7.38. The van der Waals surface area contributed by atoms with Gasteiger partial charge in [-0.05, 0) is 32.4 Å². The van der Waals surface area contributed by atoms with Gasteiger partial charge in [0.15, 0.2) is 0 Å². The van der Waals surface area contributed by atoms with E-state index < -0.39 is 0 Å². The maximum absolute atomic E-state index is 4.64. The standard InChI is InChI=1S/C17H22N2S/c1-13-19-15(12-20-13)11-16(18-2)17(9-6-10-17)14-7-4-3-5-8-14/h3-5,7-8,12,16,18H,6,9-11H2,1-2H3. The van der Waals surface area contributed by atoms with Gasteiger partial charge in [0, 0.05) is 23.3 Å². The average Bonchev–Trinajstić information content (AvgIpc) is 2.83. The number of hydrogen-bond donors (Lipinski definition) is 1. The summed E-state index contributed by atoms with van der Waals surface area (Å²) < 4.78 is 0. The molecule has 0 radical (unpaired) electrons. The predicted octanol–water partition coefficient (Wildman–Crippen LogP) is 3.70. The van der Waals surface area contributed by atoms with E-state index in [9.17, 15) is 0 Å². The van der Waals surface area contributed by atoms with E-state index in [0.29, 0.717) is 11.5 Å². The Kier molecular flexibility index (Phi) is 3.90. The van der Waals surface area contributed by atoms with Crippen LogP contribution in [-0.2, 0) is 11.8 Å². The zero-order valence-corrected chi connectivity index (χ0v) is 13.0. The summed E-state index contributed by atoms with van der Waals surface area (Å²) in [6.07, 6.45) is 4.93. The van der Waals surface area contributed by atoms with Gasteiger partial charge in [-0.3, -0.25) is 0 Å². The van der Waals surface area contributed by atoms with Crippen LogP contribution < -0.4 is 5.32 Å². The van der Waals surface area contributed by atoms with E-state index in [-0.39, 0.29) is 0 Å². The van der Waals surface area contributed by atoms with Crippen LogP contribution in [0.4, 0.5) is 0 Å². The number of likely N-dealkylation sites (N-methyl/N-ethyl adjacent to an activating group) is 1. The summed E-state index contributed by atoms with van der Waals surface area (Å²) in [5.41, 5.74) is 3.01. The van der Waals surface area contributed by atoms with Crippen molar-refractivity contribution in [3.63, 3.8) is 0 Å². The van der Waals surface area contributed by atoms with Crippen molar-refractivity contribution in [1.29, 1.82) is 0 Å². The molecule has 1 aliphatic carbocycles. The van der Waals surface area contributed by atoms with Crippen LogP contribution in [0.2, 0.25) is 0 Å². The molecule has 1 unspecified atom stereocenters. The van der Waals surface area contributed by atoms with Gasteiger partial charge in [0.1, 0.15) is 0 Å². The fraction of sp³-hybridized carbons (Fsp3) is 0.471. The van der Waals surface area contributed by atoms with E-state index in [1.165, 1.54) is 30.5 Å². The minimum Gasteiger partial charge on any atom is -0.316 e. The Hall–Kier alpha value is -1.19. The van der Waals surface area contributed by atoms with Crippen LogP contribution in [0.5, 0.6) is 0 Å². The first-order valence-corrected chi connectivity index (χ1v) is 8.26. The molecule has 1 atom stereocenters. The SMILES string of the molecule is CNC(Cc1csc(C)n1)C1(c2ccccc2)CCC1. The molecule has 1 fully saturated rings. The number of hydrogen-bond acceptors (Lipinski definition) is 3. The van der Waals surface area contributed by atoms with E-state index >= 15 is 0 Å². The fourth-order valence-corrected chi connectivity index (χ4v) is 4.08. The summed E-state index contributed by atoms with van der Waals surface area (Å²) >= 11 is 1.75. The van der Waals surface area contributed by atoms with Crippen LogP contribution in [0.1, 0.15) is 35.5 Å². The van der Waals surface area contributed by atoms with Crippen molar-refractivity contribution in [3.8, 4) is 0 Å². The molecule has 3 heteroatoms. The predicted molar refractivity (Wildman–Crippen MR) is 85.4 cm³/mol. The van der Waals surface area contributed by atoms with Gasteiger partial charge < -0.3 is 5.32 Å². The lowest BCUT2D eigenvalue weighted by Gasteiger charge is -2.48. The molecule has 20 heavy (non-hydrogen) atoms. The van der Waals surface area contributed by atoms with Crippen molar-refractivity contribution in [2.75, 3.05) is 7.05 Å². The number of rotatable bonds is 5. The molecule has 106 valence electrons. The molecule has 3 rings (SSSR count). The zero-order valence-electron chi connectivity index (χ0n) is 12.2. The maximum atomic E-state index is 4.64. The molecular formula is C17H22N2S. The van der Waals surface area contributed by atoms with Crippen molar-refractivity contribution in [3.05, 3.63) is 52.0 Å². The highest BCUT2D eigenvalue weighted by molar-refractivity contribution is 7.09. The molecule has 1 saturated carbocycles. The first kappa shape index (κ1) is 13.8. The molecule has 1 N–H and O–H groups in total. The molecule has 1 aliphatic rings. The molecule has 2 aromatic rings. The highest BCUT2D eigenvalue weighted by Crippen LogP contribution is 2.47. The Bertz CT molecular complexity index is 557. The molecule has 1 aromatic heterocycles. The molecule has 0 aliphatic heterocycles. The molecular weight excluding hydrogens is 264 g/mol. The lowest BCUT2D eigenvalue weighted by atomic mass is 9.59. The fourth-order valence-electron chi connectivity index (χ4n) is 3.45. The van der Waals surface area contributed by atoms with Gasteiger partial charge in [0.2, 0.25) is 0 Å². The van der Waals surface area contributed by atoms with Gasteiger partial charge >= 0.3 is 0 Å². The topological polar surface area (TPSA) is 24.9 Å². The number of benzene rings is 1. The minimum absolute atomic E-state index is 0.299. The van der Waals surface area contributed by atoms with Gasteiger partial charge in [-0.25, -0.2) is 4.98 Å². The van der Waals surface area contributed by atoms with Crippen LogP contribution in [-0.4, -0.2) is 18.1 Å². The summed E-state index contributed by atoms with van der Waals surface area (Å²) in [7, 11) is 2.09. The van der Waals surface area contributed by atoms with E-state index in [0.717, 1.165) is 11.4 Å². The van der Waals surface area contributed by atoms with Crippen LogP contribution in [0.25, 0.3) is 0 Å². The number of thiazole rings is 1. The van der Waals surface area contributed by atoms with Gasteiger partial charge in [-0.15, -0.1) is 11.3 Å². The zero-order chi connectivity index (χ0) is 14.0. The van der Waals surface area contributed by atoms with E-state index in [1.807, 2.05) is 0 Å². The van der Waals surface area contributed by atoms with Crippen LogP contribution in [0.3, 0.4) is 0 Å². The maximum Gasteiger partial charge on any atom is 0.0897 e. The van der Waals surface area contributed by atoms with Crippen LogP contribution >= 0.6 is 11.3 Å². The third kappa shape index (κ3) is 2.40. The second-order valence-corrected chi connectivity index (χ2v) is 6.84. The van der Waals surface area contributed by atoms with Gasteiger partial charge in [-0.1, -0.05) is 36.8 Å². The smallest absolute Gasteiger partial charge is 0.0897 e. The van der Waals surface area contributed by atoms with Crippen molar-refractivity contribution >= 4 is 11.3 Å². The summed E-state index contributed by atoms with van der Waals surface area (Å²) in [5.74, 6) is 0. The van der Waals surface area contributed by atoms with Crippen LogP contribution in [0.15, 0.2) is 35.7 Å². The number of nitrogens with one attached hydrogen (secondary N) is 1. The normalized spacial score (nSPS) is 18.5. The molecule has 1 aromatic carbocycles.